The van der Waals surface area contributed by atoms with Crippen molar-refractivity contribution >= 4 is 10.9 Å². The van der Waals surface area contributed by atoms with Crippen LogP contribution in [0.25, 0.3) is 10.9 Å². The Morgan fingerprint density at radius 3 is 2.73 bits per heavy atom. The van der Waals surface area contributed by atoms with Crippen molar-refractivity contribution in [3.05, 3.63) is 42.1 Å². The van der Waals surface area contributed by atoms with Crippen LogP contribution in [-0.4, -0.2) is 0 Å². The Bertz CT molecular complexity index is 379. The van der Waals surface area contributed by atoms with Gasteiger partial charge in [-0.1, -0.05) is 12.1 Å². The van der Waals surface area contributed by atoms with Crippen LogP contribution in [0.4, 0.5) is 0 Å². The van der Waals surface area contributed by atoms with Crippen LogP contribution >= 0.6 is 0 Å². The molecule has 0 aliphatic carbocycles. The van der Waals surface area contributed by atoms with Crippen LogP contribution in [0.1, 0.15) is 5.69 Å². The van der Waals surface area contributed by atoms with Gasteiger partial charge in [-0.15, -0.1) is 0 Å². The highest BCUT2D eigenvalue weighted by Crippen LogP contribution is 2.06. The molecule has 1 aromatic heterocycles. The third-order valence-electron chi connectivity index (χ3n) is 1.81. The molecule has 0 unspecified atom stereocenters. The first-order chi connectivity index (χ1) is 5.36. The zero-order chi connectivity index (χ0) is 7.68. The molecule has 1 heteroatoms. The second-order valence-corrected chi connectivity index (χ2v) is 2.73. The summed E-state index contributed by atoms with van der Waals surface area (Å²) in [4.78, 5) is 3.29. The van der Waals surface area contributed by atoms with Gasteiger partial charge in [0.25, 0.3) is 0 Å². The molecule has 0 spiro atoms. The maximum Gasteiger partial charge on any atom is 0.210 e. The molecule has 0 saturated heterocycles. The molecule has 0 fully saturated rings. The van der Waals surface area contributed by atoms with Gasteiger partial charge in [-0.3, -0.25) is 0 Å². The molecule has 0 saturated carbocycles. The molecule has 2 rings (SSSR count). The molecule has 0 aliphatic rings. The number of aryl methyl sites for hydroxylation is 1. The fourth-order valence-electron chi connectivity index (χ4n) is 1.23. The Balaban J connectivity index is 2.83. The number of aromatic amines is 1. The minimum absolute atomic E-state index is 1.20. The van der Waals surface area contributed by atoms with Gasteiger partial charge < -0.3 is 0 Å². The lowest BCUT2D eigenvalue weighted by molar-refractivity contribution is -0.354. The van der Waals surface area contributed by atoms with Crippen molar-refractivity contribution in [1.29, 1.82) is 0 Å². The molecule has 0 radical (unpaired) electrons. The summed E-state index contributed by atoms with van der Waals surface area (Å²) in [6.07, 6.45) is 0. The lowest BCUT2D eigenvalue weighted by Gasteiger charge is -1.89. The Labute approximate surface area is 65.7 Å². The second kappa shape index (κ2) is 2.35. The monoisotopic (exact) mass is 144 g/mol. The van der Waals surface area contributed by atoms with Gasteiger partial charge in [0.05, 0.1) is 0 Å². The zero-order valence-electron chi connectivity index (χ0n) is 6.46. The summed E-state index contributed by atoms with van der Waals surface area (Å²) >= 11 is 0. The van der Waals surface area contributed by atoms with Gasteiger partial charge in [0, 0.05) is 24.4 Å². The number of hydrogen-bond acceptors (Lipinski definition) is 0. The molecule has 0 bridgehead atoms. The molecule has 1 aromatic carbocycles. The van der Waals surface area contributed by atoms with Crippen LogP contribution in [0.2, 0.25) is 0 Å². The van der Waals surface area contributed by atoms with Crippen molar-refractivity contribution in [2.75, 3.05) is 0 Å². The fourth-order valence-corrected chi connectivity index (χ4v) is 1.23. The Morgan fingerprint density at radius 1 is 1.00 bits per heavy atom. The molecule has 0 amide bonds. The average Bonchev–Trinajstić information content (AvgIpc) is 2.04. The van der Waals surface area contributed by atoms with Gasteiger partial charge in [-0.25, -0.2) is 4.98 Å². The van der Waals surface area contributed by atoms with Crippen LogP contribution in [0, 0.1) is 6.92 Å². The largest absolute Gasteiger partial charge is 0.210 e. The Kier molecular flexibility index (Phi) is 1.35. The molecule has 2 aromatic rings. The van der Waals surface area contributed by atoms with Crippen LogP contribution in [0.3, 0.4) is 0 Å². The molecular weight excluding hydrogens is 134 g/mol. The van der Waals surface area contributed by atoms with E-state index >= 15 is 0 Å². The minimum Gasteiger partial charge on any atom is -0.209 e. The van der Waals surface area contributed by atoms with Crippen LogP contribution in [0.5, 0.6) is 0 Å². The smallest absolute Gasteiger partial charge is 0.209 e. The number of para-hydroxylation sites is 1. The van der Waals surface area contributed by atoms with Crippen molar-refractivity contribution in [2.45, 2.75) is 6.92 Å². The summed E-state index contributed by atoms with van der Waals surface area (Å²) in [5.41, 5.74) is 2.40. The van der Waals surface area contributed by atoms with Crippen molar-refractivity contribution < 1.29 is 4.98 Å². The highest BCUT2D eigenvalue weighted by atomic mass is 14.7. The number of rotatable bonds is 0. The van der Waals surface area contributed by atoms with E-state index in [1.165, 1.54) is 16.6 Å². The first-order valence-corrected chi connectivity index (χ1v) is 3.74. The van der Waals surface area contributed by atoms with E-state index in [1.54, 1.807) is 0 Å². The van der Waals surface area contributed by atoms with Gasteiger partial charge in [-0.2, -0.15) is 0 Å². The van der Waals surface area contributed by atoms with E-state index in [4.69, 9.17) is 0 Å². The maximum absolute atomic E-state index is 3.29. The quantitative estimate of drug-likeness (QED) is 0.536. The first-order valence-electron chi connectivity index (χ1n) is 3.74. The zero-order valence-corrected chi connectivity index (χ0v) is 6.46. The minimum atomic E-state index is 1.20. The summed E-state index contributed by atoms with van der Waals surface area (Å²) in [7, 11) is 0. The number of fused-ring (bicyclic) bond motifs is 1. The lowest BCUT2D eigenvalue weighted by atomic mass is 10.2. The summed E-state index contributed by atoms with van der Waals surface area (Å²) in [5, 5.41) is 1.26. The summed E-state index contributed by atoms with van der Waals surface area (Å²) in [5.74, 6) is 0. The van der Waals surface area contributed by atoms with Crippen molar-refractivity contribution in [3.8, 4) is 0 Å². The molecular formula is C10H10N+. The van der Waals surface area contributed by atoms with E-state index in [9.17, 15) is 0 Å². The third kappa shape index (κ3) is 1.09. The third-order valence-corrected chi connectivity index (χ3v) is 1.81. The first kappa shape index (κ1) is 6.35. The molecule has 0 aliphatic heterocycles. The number of pyridine rings is 1. The van der Waals surface area contributed by atoms with E-state index in [0.29, 0.717) is 0 Å². The molecule has 0 atom stereocenters. The molecule has 1 N–H and O–H groups in total. The average molecular weight is 144 g/mol. The van der Waals surface area contributed by atoms with Crippen molar-refractivity contribution in [3.63, 3.8) is 0 Å². The van der Waals surface area contributed by atoms with E-state index in [2.05, 4.69) is 36.2 Å². The summed E-state index contributed by atoms with van der Waals surface area (Å²) < 4.78 is 0. The SMILES string of the molecule is Cc1ccc2ccccc2[nH+]1. The number of aromatic nitrogens is 1. The summed E-state index contributed by atoms with van der Waals surface area (Å²) in [6, 6.07) is 12.5. The number of H-pyrrole nitrogens is 1. The van der Waals surface area contributed by atoms with Crippen LogP contribution < -0.4 is 4.98 Å². The molecule has 11 heavy (non-hydrogen) atoms. The van der Waals surface area contributed by atoms with Gasteiger partial charge in [0.15, 0.2) is 5.69 Å². The van der Waals surface area contributed by atoms with Crippen molar-refractivity contribution in [1.82, 2.24) is 0 Å². The molecule has 1 nitrogen and oxygen atoms in total. The van der Waals surface area contributed by atoms with Gasteiger partial charge in [0.2, 0.25) is 5.52 Å². The molecule has 54 valence electrons. The maximum atomic E-state index is 3.29. The standard InChI is InChI=1S/C10H9N/c1-8-6-7-9-4-2-3-5-10(9)11-8/h2-7H,1H3/p+1. The number of hydrogen-bond donors (Lipinski definition) is 0. The van der Waals surface area contributed by atoms with Gasteiger partial charge >= 0.3 is 0 Å². The van der Waals surface area contributed by atoms with Crippen molar-refractivity contribution in [2.24, 2.45) is 0 Å². The van der Waals surface area contributed by atoms with E-state index in [0.717, 1.165) is 0 Å². The summed E-state index contributed by atoms with van der Waals surface area (Å²) in [6.45, 7) is 2.06. The molecule has 1 heterocycles. The highest BCUT2D eigenvalue weighted by Gasteiger charge is 1.97. The second-order valence-electron chi connectivity index (χ2n) is 2.73. The predicted molar refractivity (Wildman–Crippen MR) is 45.2 cm³/mol. The van der Waals surface area contributed by atoms with Crippen LogP contribution in [-0.2, 0) is 0 Å². The van der Waals surface area contributed by atoms with E-state index < -0.39 is 0 Å². The Morgan fingerprint density at radius 2 is 1.82 bits per heavy atom. The van der Waals surface area contributed by atoms with Crippen LogP contribution in [0.15, 0.2) is 36.4 Å². The van der Waals surface area contributed by atoms with Gasteiger partial charge in [-0.05, 0) is 12.1 Å². The van der Waals surface area contributed by atoms with Gasteiger partial charge in [0.1, 0.15) is 0 Å². The predicted octanol–water partition coefficient (Wildman–Crippen LogP) is 1.96. The van der Waals surface area contributed by atoms with E-state index in [-0.39, 0.29) is 0 Å². The van der Waals surface area contributed by atoms with E-state index in [1.807, 2.05) is 12.1 Å². The topological polar surface area (TPSA) is 14.1 Å². The highest BCUT2D eigenvalue weighted by molar-refractivity contribution is 5.74. The fraction of sp³-hybridized carbons (Fsp3) is 0.100. The number of nitrogens with one attached hydrogen (secondary N) is 1. The Hall–Kier alpha value is -1.37. The lowest BCUT2D eigenvalue weighted by Crippen LogP contribution is -2.06. The normalized spacial score (nSPS) is 10.3. The number of benzene rings is 1.